The van der Waals surface area contributed by atoms with E-state index in [-0.39, 0.29) is 11.8 Å². The number of aromatic nitrogens is 1. The molecule has 1 atom stereocenters. The number of carbonyl (C=O) groups excluding carboxylic acids is 1. The minimum Gasteiger partial charge on any atom is -0.310 e. The van der Waals surface area contributed by atoms with E-state index in [1.165, 1.54) is 5.56 Å². The van der Waals surface area contributed by atoms with Crippen molar-refractivity contribution in [1.29, 1.82) is 0 Å². The van der Waals surface area contributed by atoms with Crippen molar-refractivity contribution in [2.75, 3.05) is 18.4 Å². The van der Waals surface area contributed by atoms with Gasteiger partial charge in [-0.3, -0.25) is 9.69 Å². The van der Waals surface area contributed by atoms with E-state index in [1.807, 2.05) is 25.1 Å². The van der Waals surface area contributed by atoms with Crippen LogP contribution in [0.5, 0.6) is 0 Å². The average molecular weight is 295 g/mol. The van der Waals surface area contributed by atoms with Crippen LogP contribution in [0.1, 0.15) is 17.5 Å². The molecule has 0 spiro atoms. The van der Waals surface area contributed by atoms with Crippen molar-refractivity contribution >= 4 is 11.7 Å². The van der Waals surface area contributed by atoms with E-state index in [1.54, 1.807) is 6.20 Å². The Morgan fingerprint density at radius 3 is 2.86 bits per heavy atom. The van der Waals surface area contributed by atoms with E-state index in [0.29, 0.717) is 5.82 Å². The zero-order valence-electron chi connectivity index (χ0n) is 12.8. The maximum Gasteiger partial charge on any atom is 0.229 e. The minimum atomic E-state index is 0.0464. The molecule has 114 valence electrons. The molecule has 0 aliphatic carbocycles. The molecule has 1 saturated heterocycles. The number of amides is 1. The van der Waals surface area contributed by atoms with Crippen LogP contribution in [-0.4, -0.2) is 28.9 Å². The molecule has 4 nitrogen and oxygen atoms in total. The zero-order valence-corrected chi connectivity index (χ0v) is 12.8. The molecular weight excluding hydrogens is 274 g/mol. The maximum absolute atomic E-state index is 12.4. The van der Waals surface area contributed by atoms with Gasteiger partial charge < -0.3 is 5.32 Å². The van der Waals surface area contributed by atoms with E-state index in [4.69, 9.17) is 0 Å². The number of benzene rings is 1. The quantitative estimate of drug-likeness (QED) is 0.943. The van der Waals surface area contributed by atoms with Crippen LogP contribution >= 0.6 is 0 Å². The number of hydrogen-bond acceptors (Lipinski definition) is 3. The van der Waals surface area contributed by atoms with Crippen molar-refractivity contribution in [3.63, 3.8) is 0 Å². The number of carbonyl (C=O) groups is 1. The number of rotatable bonds is 4. The van der Waals surface area contributed by atoms with Gasteiger partial charge >= 0.3 is 0 Å². The van der Waals surface area contributed by atoms with Gasteiger partial charge in [-0.05, 0) is 37.1 Å². The van der Waals surface area contributed by atoms with Crippen molar-refractivity contribution in [2.24, 2.45) is 5.92 Å². The number of pyridine rings is 1. The molecule has 1 amide bonds. The summed E-state index contributed by atoms with van der Waals surface area (Å²) in [6.07, 6.45) is 2.61. The van der Waals surface area contributed by atoms with Crippen LogP contribution < -0.4 is 5.32 Å². The van der Waals surface area contributed by atoms with Crippen LogP contribution in [-0.2, 0) is 11.3 Å². The lowest BCUT2D eigenvalue weighted by molar-refractivity contribution is -0.119. The summed E-state index contributed by atoms with van der Waals surface area (Å²) >= 11 is 0. The first-order chi connectivity index (χ1) is 10.7. The Labute approximate surface area is 131 Å². The Hall–Kier alpha value is -2.20. The number of aryl methyl sites for hydroxylation is 1. The van der Waals surface area contributed by atoms with Gasteiger partial charge in [0.25, 0.3) is 0 Å². The second-order valence-corrected chi connectivity index (χ2v) is 5.86. The van der Waals surface area contributed by atoms with Crippen LogP contribution in [0.15, 0.2) is 48.7 Å². The Bertz CT molecular complexity index is 642. The Morgan fingerprint density at radius 2 is 2.09 bits per heavy atom. The number of nitrogens with zero attached hydrogens (tertiary/aromatic N) is 2. The molecule has 1 aliphatic heterocycles. The van der Waals surface area contributed by atoms with Gasteiger partial charge in [0.2, 0.25) is 5.91 Å². The van der Waals surface area contributed by atoms with Gasteiger partial charge in [0, 0.05) is 19.3 Å². The highest BCUT2D eigenvalue weighted by molar-refractivity contribution is 5.92. The summed E-state index contributed by atoms with van der Waals surface area (Å²) in [6, 6.07) is 14.2. The first-order valence-corrected chi connectivity index (χ1v) is 7.71. The van der Waals surface area contributed by atoms with E-state index in [9.17, 15) is 4.79 Å². The highest BCUT2D eigenvalue weighted by Crippen LogP contribution is 2.20. The number of likely N-dealkylation sites (tertiary alicyclic amines) is 1. The molecule has 0 saturated carbocycles. The zero-order chi connectivity index (χ0) is 15.4. The second kappa shape index (κ2) is 6.71. The summed E-state index contributed by atoms with van der Waals surface area (Å²) < 4.78 is 0. The first kappa shape index (κ1) is 14.7. The summed E-state index contributed by atoms with van der Waals surface area (Å²) in [6.45, 7) is 4.65. The number of anilines is 1. The van der Waals surface area contributed by atoms with Crippen molar-refractivity contribution in [3.05, 3.63) is 59.8 Å². The van der Waals surface area contributed by atoms with Crippen molar-refractivity contribution < 1.29 is 4.79 Å². The number of nitrogens with one attached hydrogen (secondary N) is 1. The highest BCUT2D eigenvalue weighted by atomic mass is 16.2. The smallest absolute Gasteiger partial charge is 0.229 e. The fourth-order valence-electron chi connectivity index (χ4n) is 2.87. The Morgan fingerprint density at radius 1 is 1.27 bits per heavy atom. The van der Waals surface area contributed by atoms with Gasteiger partial charge in [-0.1, -0.05) is 36.4 Å². The van der Waals surface area contributed by atoms with Crippen LogP contribution in [0.25, 0.3) is 0 Å². The van der Waals surface area contributed by atoms with E-state index in [0.717, 1.165) is 31.6 Å². The fraction of sp³-hybridized carbons (Fsp3) is 0.333. The van der Waals surface area contributed by atoms with Crippen LogP contribution in [0.3, 0.4) is 0 Å². The topological polar surface area (TPSA) is 45.2 Å². The third kappa shape index (κ3) is 3.52. The lowest BCUT2D eigenvalue weighted by Crippen LogP contribution is -2.27. The highest BCUT2D eigenvalue weighted by Gasteiger charge is 2.28. The normalized spacial score (nSPS) is 18.3. The van der Waals surface area contributed by atoms with Crippen LogP contribution in [0, 0.1) is 12.8 Å². The molecule has 1 aromatic carbocycles. The molecule has 1 fully saturated rings. The van der Waals surface area contributed by atoms with E-state index >= 15 is 0 Å². The average Bonchev–Trinajstić information content (AvgIpc) is 2.99. The first-order valence-electron chi connectivity index (χ1n) is 7.71. The van der Waals surface area contributed by atoms with Gasteiger partial charge in [0.05, 0.1) is 5.92 Å². The standard InChI is InChI=1S/C18H21N3O/c1-14-6-5-10-19-17(14)20-18(22)16-9-11-21(13-16)12-15-7-3-2-4-8-15/h2-8,10,16H,9,11-13H2,1H3,(H,19,20,22). The molecule has 1 N–H and O–H groups in total. The van der Waals surface area contributed by atoms with Crippen LogP contribution in [0.4, 0.5) is 5.82 Å². The molecular formula is C18H21N3O. The fourth-order valence-corrected chi connectivity index (χ4v) is 2.87. The molecule has 2 heterocycles. The Kier molecular flexibility index (Phi) is 4.49. The van der Waals surface area contributed by atoms with Crippen molar-refractivity contribution in [2.45, 2.75) is 19.9 Å². The molecule has 1 unspecified atom stereocenters. The molecule has 2 aromatic rings. The van der Waals surface area contributed by atoms with Gasteiger partial charge in [0.15, 0.2) is 0 Å². The molecule has 22 heavy (non-hydrogen) atoms. The molecule has 0 radical (unpaired) electrons. The summed E-state index contributed by atoms with van der Waals surface area (Å²) in [7, 11) is 0. The third-order valence-electron chi connectivity index (χ3n) is 4.14. The van der Waals surface area contributed by atoms with E-state index < -0.39 is 0 Å². The van der Waals surface area contributed by atoms with Gasteiger partial charge in [-0.2, -0.15) is 0 Å². The van der Waals surface area contributed by atoms with Gasteiger partial charge in [-0.15, -0.1) is 0 Å². The Balaban J connectivity index is 1.56. The molecule has 1 aromatic heterocycles. The molecule has 4 heteroatoms. The minimum absolute atomic E-state index is 0.0464. The van der Waals surface area contributed by atoms with Crippen molar-refractivity contribution in [1.82, 2.24) is 9.88 Å². The lowest BCUT2D eigenvalue weighted by atomic mass is 10.1. The molecule has 0 bridgehead atoms. The predicted molar refractivity (Wildman–Crippen MR) is 87.4 cm³/mol. The van der Waals surface area contributed by atoms with Crippen LogP contribution in [0.2, 0.25) is 0 Å². The second-order valence-electron chi connectivity index (χ2n) is 5.86. The molecule has 1 aliphatic rings. The monoisotopic (exact) mass is 295 g/mol. The number of hydrogen-bond donors (Lipinski definition) is 1. The summed E-state index contributed by atoms with van der Waals surface area (Å²) in [5.41, 5.74) is 2.29. The summed E-state index contributed by atoms with van der Waals surface area (Å²) in [5, 5.41) is 2.96. The van der Waals surface area contributed by atoms with Gasteiger partial charge in [0.1, 0.15) is 5.82 Å². The third-order valence-corrected chi connectivity index (χ3v) is 4.14. The maximum atomic E-state index is 12.4. The van der Waals surface area contributed by atoms with E-state index in [2.05, 4.69) is 39.5 Å². The SMILES string of the molecule is Cc1cccnc1NC(=O)C1CCN(Cc2ccccc2)C1. The summed E-state index contributed by atoms with van der Waals surface area (Å²) in [4.78, 5) is 19.0. The van der Waals surface area contributed by atoms with Crippen molar-refractivity contribution in [3.8, 4) is 0 Å². The largest absolute Gasteiger partial charge is 0.310 e. The van der Waals surface area contributed by atoms with Gasteiger partial charge in [-0.25, -0.2) is 4.98 Å². The summed E-state index contributed by atoms with van der Waals surface area (Å²) in [5.74, 6) is 0.802. The predicted octanol–water partition coefficient (Wildman–Crippen LogP) is 2.85. The lowest BCUT2D eigenvalue weighted by Gasteiger charge is -2.16. The molecule has 3 rings (SSSR count).